The molecule has 1 fully saturated rings. The molecule has 0 aromatic carbocycles. The molecule has 0 bridgehead atoms. The zero-order valence-corrected chi connectivity index (χ0v) is 11.8. The number of nitrogen functional groups attached to an aromatic ring is 1. The monoisotopic (exact) mass is 261 g/mol. The number of nitrogens with one attached hydrogen (secondary N) is 1. The highest BCUT2D eigenvalue weighted by Crippen LogP contribution is 2.29. The van der Waals surface area contributed by atoms with Gasteiger partial charge in [0.2, 0.25) is 0 Å². The van der Waals surface area contributed by atoms with Gasteiger partial charge >= 0.3 is 0 Å². The minimum atomic E-state index is -0.134. The summed E-state index contributed by atoms with van der Waals surface area (Å²) in [6.07, 6.45) is 5.73. The lowest BCUT2D eigenvalue weighted by Gasteiger charge is -2.28. The molecule has 1 heterocycles. The maximum absolute atomic E-state index is 12.6. The molecule has 104 valence electrons. The molecule has 2 rings (SSSR count). The largest absolute Gasteiger partial charge is 0.384 e. The number of nitrogens with two attached hydrogens (primary N) is 1. The number of nitrogens with zero attached hydrogens (tertiary/aromatic N) is 1. The third-order valence-corrected chi connectivity index (χ3v) is 3.97. The zero-order chi connectivity index (χ0) is 14.0. The summed E-state index contributed by atoms with van der Waals surface area (Å²) in [5, 5.41) is 7.53. The van der Waals surface area contributed by atoms with Gasteiger partial charge in [0.1, 0.15) is 5.84 Å². The van der Waals surface area contributed by atoms with Gasteiger partial charge in [-0.05, 0) is 30.9 Å². The Morgan fingerprint density at radius 1 is 1.32 bits per heavy atom. The molecule has 1 aromatic rings. The molecule has 4 heteroatoms. The van der Waals surface area contributed by atoms with E-state index < -0.39 is 0 Å². The first-order chi connectivity index (χ1) is 9.02. The van der Waals surface area contributed by atoms with Crippen LogP contribution in [0.5, 0.6) is 0 Å². The lowest BCUT2D eigenvalue weighted by atomic mass is 9.93. The van der Waals surface area contributed by atoms with Gasteiger partial charge in [0.15, 0.2) is 0 Å². The summed E-state index contributed by atoms with van der Waals surface area (Å²) in [5.41, 5.74) is 6.80. The SMILES string of the molecule is CC(C)c1ccc(C(=N)N)c(=O)n1C1CCCCC1. The number of hydrogen-bond donors (Lipinski definition) is 2. The van der Waals surface area contributed by atoms with Crippen molar-refractivity contribution in [3.63, 3.8) is 0 Å². The van der Waals surface area contributed by atoms with E-state index in [2.05, 4.69) is 13.8 Å². The Kier molecular flexibility index (Phi) is 4.08. The molecule has 1 aliphatic carbocycles. The highest BCUT2D eigenvalue weighted by atomic mass is 16.1. The number of amidine groups is 1. The van der Waals surface area contributed by atoms with E-state index in [1.165, 1.54) is 19.3 Å². The van der Waals surface area contributed by atoms with E-state index in [9.17, 15) is 4.79 Å². The zero-order valence-electron chi connectivity index (χ0n) is 11.8. The predicted octanol–water partition coefficient (Wildman–Crippen LogP) is 2.76. The molecule has 4 nitrogen and oxygen atoms in total. The second-order valence-corrected chi connectivity index (χ2v) is 5.71. The van der Waals surface area contributed by atoms with Gasteiger partial charge < -0.3 is 10.3 Å². The van der Waals surface area contributed by atoms with Gasteiger partial charge in [0.05, 0.1) is 5.56 Å². The van der Waals surface area contributed by atoms with Crippen LogP contribution in [0.25, 0.3) is 0 Å². The van der Waals surface area contributed by atoms with Crippen molar-refractivity contribution < 1.29 is 0 Å². The van der Waals surface area contributed by atoms with Crippen LogP contribution in [0.3, 0.4) is 0 Å². The summed E-state index contributed by atoms with van der Waals surface area (Å²) in [7, 11) is 0. The second kappa shape index (κ2) is 5.59. The number of rotatable bonds is 3. The van der Waals surface area contributed by atoms with Crippen molar-refractivity contribution in [2.24, 2.45) is 5.73 Å². The van der Waals surface area contributed by atoms with Gasteiger partial charge in [-0.15, -0.1) is 0 Å². The maximum atomic E-state index is 12.6. The van der Waals surface area contributed by atoms with Crippen LogP contribution in [0.15, 0.2) is 16.9 Å². The Balaban J connectivity index is 2.56. The smallest absolute Gasteiger partial charge is 0.262 e. The van der Waals surface area contributed by atoms with Gasteiger partial charge in [-0.1, -0.05) is 33.1 Å². The van der Waals surface area contributed by atoms with Crippen LogP contribution in [-0.2, 0) is 0 Å². The topological polar surface area (TPSA) is 71.9 Å². The summed E-state index contributed by atoms with van der Waals surface area (Å²) < 4.78 is 1.90. The highest BCUT2D eigenvalue weighted by molar-refractivity contribution is 5.94. The molecule has 0 spiro atoms. The Morgan fingerprint density at radius 3 is 2.47 bits per heavy atom. The molecule has 0 atom stereocenters. The first kappa shape index (κ1) is 13.8. The van der Waals surface area contributed by atoms with Crippen LogP contribution in [0.1, 0.15) is 69.2 Å². The molecular weight excluding hydrogens is 238 g/mol. The predicted molar refractivity (Wildman–Crippen MR) is 77.9 cm³/mol. The van der Waals surface area contributed by atoms with Gasteiger partial charge in [-0.3, -0.25) is 10.2 Å². The van der Waals surface area contributed by atoms with E-state index >= 15 is 0 Å². The van der Waals surface area contributed by atoms with E-state index in [1.807, 2.05) is 10.6 Å². The summed E-state index contributed by atoms with van der Waals surface area (Å²) in [5.74, 6) is 0.167. The van der Waals surface area contributed by atoms with Crippen LogP contribution >= 0.6 is 0 Å². The van der Waals surface area contributed by atoms with Crippen molar-refractivity contribution in [3.8, 4) is 0 Å². The average molecular weight is 261 g/mol. The molecule has 0 aliphatic heterocycles. The van der Waals surface area contributed by atoms with E-state index in [1.54, 1.807) is 6.07 Å². The summed E-state index contributed by atoms with van der Waals surface area (Å²) in [6, 6.07) is 3.93. The Bertz CT molecular complexity index is 525. The van der Waals surface area contributed by atoms with Crippen molar-refractivity contribution in [3.05, 3.63) is 33.7 Å². The summed E-state index contributed by atoms with van der Waals surface area (Å²) >= 11 is 0. The fourth-order valence-electron chi connectivity index (χ4n) is 2.96. The lowest BCUT2D eigenvalue weighted by molar-refractivity contribution is 0.336. The molecule has 0 amide bonds. The third-order valence-electron chi connectivity index (χ3n) is 3.97. The summed E-state index contributed by atoms with van der Waals surface area (Å²) in [4.78, 5) is 12.6. The molecule has 1 aromatic heterocycles. The van der Waals surface area contributed by atoms with Gasteiger partial charge in [-0.25, -0.2) is 0 Å². The van der Waals surface area contributed by atoms with E-state index in [4.69, 9.17) is 11.1 Å². The number of hydrogen-bond acceptors (Lipinski definition) is 2. The third kappa shape index (κ3) is 2.72. The normalized spacial score (nSPS) is 16.8. The minimum Gasteiger partial charge on any atom is -0.384 e. The highest BCUT2D eigenvalue weighted by Gasteiger charge is 2.22. The van der Waals surface area contributed by atoms with Crippen LogP contribution in [-0.4, -0.2) is 10.4 Å². The van der Waals surface area contributed by atoms with Crippen molar-refractivity contribution in [2.75, 3.05) is 0 Å². The number of pyridine rings is 1. The fraction of sp³-hybridized carbons (Fsp3) is 0.600. The molecule has 0 radical (unpaired) electrons. The van der Waals surface area contributed by atoms with Crippen molar-refractivity contribution in [2.45, 2.75) is 57.9 Å². The van der Waals surface area contributed by atoms with Crippen molar-refractivity contribution >= 4 is 5.84 Å². The van der Waals surface area contributed by atoms with Gasteiger partial charge in [-0.2, -0.15) is 0 Å². The Labute approximate surface area is 114 Å². The molecule has 0 saturated heterocycles. The second-order valence-electron chi connectivity index (χ2n) is 5.71. The molecule has 3 N–H and O–H groups in total. The minimum absolute atomic E-state index is 0.0920. The van der Waals surface area contributed by atoms with Crippen LogP contribution in [0.4, 0.5) is 0 Å². The fourth-order valence-corrected chi connectivity index (χ4v) is 2.96. The maximum Gasteiger partial charge on any atom is 0.262 e. The standard InChI is InChI=1S/C15H23N3O/c1-10(2)13-9-8-12(14(16)17)15(19)18(13)11-6-4-3-5-7-11/h8-11H,3-7H2,1-2H3,(H3,16,17). The summed E-state index contributed by atoms with van der Waals surface area (Å²) in [6.45, 7) is 4.20. The Morgan fingerprint density at radius 2 is 1.95 bits per heavy atom. The van der Waals surface area contributed by atoms with E-state index in [0.717, 1.165) is 18.5 Å². The van der Waals surface area contributed by atoms with Gasteiger partial charge in [0, 0.05) is 11.7 Å². The van der Waals surface area contributed by atoms with E-state index in [0.29, 0.717) is 11.5 Å². The van der Waals surface area contributed by atoms with Crippen molar-refractivity contribution in [1.82, 2.24) is 4.57 Å². The average Bonchev–Trinajstić information content (AvgIpc) is 2.38. The van der Waals surface area contributed by atoms with Crippen LogP contribution in [0, 0.1) is 5.41 Å². The van der Waals surface area contributed by atoms with E-state index in [-0.39, 0.29) is 17.4 Å². The van der Waals surface area contributed by atoms with Crippen LogP contribution < -0.4 is 11.3 Å². The first-order valence-electron chi connectivity index (χ1n) is 7.12. The molecule has 0 unspecified atom stereocenters. The molecule has 19 heavy (non-hydrogen) atoms. The van der Waals surface area contributed by atoms with Gasteiger partial charge in [0.25, 0.3) is 5.56 Å². The number of aromatic nitrogens is 1. The quantitative estimate of drug-likeness (QED) is 0.648. The first-order valence-corrected chi connectivity index (χ1v) is 7.12. The Hall–Kier alpha value is -1.58. The molecule has 1 aliphatic rings. The van der Waals surface area contributed by atoms with Crippen LogP contribution in [0.2, 0.25) is 0 Å². The van der Waals surface area contributed by atoms with Crippen molar-refractivity contribution in [1.29, 1.82) is 5.41 Å². The molecule has 1 saturated carbocycles. The molecular formula is C15H23N3O. The lowest BCUT2D eigenvalue weighted by Crippen LogP contribution is -2.35.